The Morgan fingerprint density at radius 2 is 1.96 bits per heavy atom. The Hall–Kier alpha value is -2.17. The average molecular weight is 324 g/mol. The first-order valence-corrected chi connectivity index (χ1v) is 9.08. The number of rotatable bonds is 3. The first-order valence-electron chi connectivity index (χ1n) is 9.08. The summed E-state index contributed by atoms with van der Waals surface area (Å²) in [6.45, 7) is 0.892. The molecule has 3 heterocycles. The lowest BCUT2D eigenvalue weighted by molar-refractivity contribution is 0.0661. The molecule has 1 aliphatic heterocycles. The van der Waals surface area contributed by atoms with Crippen LogP contribution in [0.5, 0.6) is 0 Å². The molecule has 5 nitrogen and oxygen atoms in total. The van der Waals surface area contributed by atoms with Gasteiger partial charge in [-0.25, -0.2) is 9.97 Å². The zero-order chi connectivity index (χ0) is 16.4. The monoisotopic (exact) mass is 324 g/mol. The molecule has 1 saturated heterocycles. The molecular formula is C19H24N4O. The number of likely N-dealkylation sites (tertiary alicyclic amines) is 1. The molecule has 1 atom stereocenters. The van der Waals surface area contributed by atoms with Gasteiger partial charge in [0.2, 0.25) is 0 Å². The van der Waals surface area contributed by atoms with Gasteiger partial charge in [0, 0.05) is 36.7 Å². The molecule has 24 heavy (non-hydrogen) atoms. The largest absolute Gasteiger partial charge is 0.335 e. The van der Waals surface area contributed by atoms with Gasteiger partial charge in [0.25, 0.3) is 5.91 Å². The second kappa shape index (κ2) is 6.75. The summed E-state index contributed by atoms with van der Waals surface area (Å²) < 4.78 is 1.83. The molecule has 0 spiro atoms. The number of pyridine rings is 1. The van der Waals surface area contributed by atoms with Gasteiger partial charge < -0.3 is 4.90 Å². The van der Waals surface area contributed by atoms with Crippen LogP contribution in [-0.4, -0.2) is 37.9 Å². The molecule has 1 saturated carbocycles. The molecule has 0 radical (unpaired) electrons. The predicted octanol–water partition coefficient (Wildman–Crippen LogP) is 3.45. The summed E-state index contributed by atoms with van der Waals surface area (Å²) >= 11 is 0. The Labute approximate surface area is 142 Å². The molecular weight excluding hydrogens is 300 g/mol. The van der Waals surface area contributed by atoms with E-state index < -0.39 is 0 Å². The number of amides is 1. The third kappa shape index (κ3) is 2.95. The van der Waals surface area contributed by atoms with E-state index in [-0.39, 0.29) is 5.91 Å². The summed E-state index contributed by atoms with van der Waals surface area (Å²) in [6.07, 6.45) is 15.8. The van der Waals surface area contributed by atoms with Crippen LogP contribution in [0.1, 0.15) is 55.3 Å². The minimum absolute atomic E-state index is 0.159. The first kappa shape index (κ1) is 15.4. The normalized spacial score (nSPS) is 22.0. The molecule has 1 amide bonds. The summed E-state index contributed by atoms with van der Waals surface area (Å²) in [5.74, 6) is 1.60. The van der Waals surface area contributed by atoms with E-state index in [1.165, 1.54) is 32.1 Å². The second-order valence-electron chi connectivity index (χ2n) is 6.98. The van der Waals surface area contributed by atoms with Crippen LogP contribution in [0.2, 0.25) is 0 Å². The highest BCUT2D eigenvalue weighted by atomic mass is 16.2. The number of carbonyl (C=O) groups excluding carboxylic acids is 1. The Balaban J connectivity index is 1.55. The standard InChI is InChI=1S/C19H24N4O/c24-19(16-8-9-21-18(13-16)22-12-10-20-14-22)23-11-4-7-17(23)15-5-2-1-3-6-15/h8-10,12-15,17H,1-7,11H2/t17-/m1/s1. The average Bonchev–Trinajstić information content (AvgIpc) is 3.34. The van der Waals surface area contributed by atoms with Crippen molar-refractivity contribution in [3.05, 3.63) is 42.6 Å². The lowest BCUT2D eigenvalue weighted by Crippen LogP contribution is -2.40. The number of carbonyl (C=O) groups is 1. The fourth-order valence-corrected chi connectivity index (χ4v) is 4.31. The fourth-order valence-electron chi connectivity index (χ4n) is 4.31. The van der Waals surface area contributed by atoms with Crippen LogP contribution < -0.4 is 0 Å². The lowest BCUT2D eigenvalue weighted by Gasteiger charge is -2.34. The summed E-state index contributed by atoms with van der Waals surface area (Å²) in [5.41, 5.74) is 0.733. The third-order valence-electron chi connectivity index (χ3n) is 5.52. The molecule has 1 aliphatic carbocycles. The maximum Gasteiger partial charge on any atom is 0.254 e. The maximum absolute atomic E-state index is 13.1. The Morgan fingerprint density at radius 3 is 2.75 bits per heavy atom. The van der Waals surface area contributed by atoms with Crippen molar-refractivity contribution >= 4 is 5.91 Å². The number of nitrogens with zero attached hydrogens (tertiary/aromatic N) is 4. The summed E-state index contributed by atoms with van der Waals surface area (Å²) in [6, 6.07) is 4.14. The van der Waals surface area contributed by atoms with Gasteiger partial charge >= 0.3 is 0 Å². The summed E-state index contributed by atoms with van der Waals surface area (Å²) in [7, 11) is 0. The number of aromatic nitrogens is 3. The van der Waals surface area contributed by atoms with E-state index in [0.29, 0.717) is 12.0 Å². The van der Waals surface area contributed by atoms with Crippen molar-refractivity contribution < 1.29 is 4.79 Å². The second-order valence-corrected chi connectivity index (χ2v) is 6.98. The van der Waals surface area contributed by atoms with E-state index in [4.69, 9.17) is 0 Å². The molecule has 2 aromatic rings. The van der Waals surface area contributed by atoms with Crippen molar-refractivity contribution in [2.45, 2.75) is 51.0 Å². The number of imidazole rings is 1. The predicted molar refractivity (Wildman–Crippen MR) is 92.0 cm³/mol. The van der Waals surface area contributed by atoms with E-state index in [2.05, 4.69) is 14.9 Å². The van der Waals surface area contributed by atoms with Crippen molar-refractivity contribution in [2.24, 2.45) is 5.92 Å². The summed E-state index contributed by atoms with van der Waals surface area (Å²) in [5, 5.41) is 0. The number of hydrogen-bond acceptors (Lipinski definition) is 3. The molecule has 0 bridgehead atoms. The highest BCUT2D eigenvalue weighted by Gasteiger charge is 2.35. The number of hydrogen-bond donors (Lipinski definition) is 0. The van der Waals surface area contributed by atoms with Crippen molar-refractivity contribution in [3.8, 4) is 5.82 Å². The molecule has 2 aromatic heterocycles. The van der Waals surface area contributed by atoms with Crippen molar-refractivity contribution in [3.63, 3.8) is 0 Å². The van der Waals surface area contributed by atoms with Crippen LogP contribution in [0.25, 0.3) is 5.82 Å². The Bertz CT molecular complexity index is 691. The van der Waals surface area contributed by atoms with E-state index in [1.54, 1.807) is 18.7 Å². The first-order chi connectivity index (χ1) is 11.8. The minimum Gasteiger partial charge on any atom is -0.335 e. The zero-order valence-corrected chi connectivity index (χ0v) is 14.0. The van der Waals surface area contributed by atoms with Crippen LogP contribution >= 0.6 is 0 Å². The summed E-state index contributed by atoms with van der Waals surface area (Å²) in [4.78, 5) is 23.6. The molecule has 4 rings (SSSR count). The molecule has 0 unspecified atom stereocenters. The van der Waals surface area contributed by atoms with Crippen molar-refractivity contribution in [1.29, 1.82) is 0 Å². The minimum atomic E-state index is 0.159. The Morgan fingerprint density at radius 1 is 1.08 bits per heavy atom. The van der Waals surface area contributed by atoms with E-state index in [9.17, 15) is 4.79 Å². The van der Waals surface area contributed by atoms with Crippen LogP contribution in [0.15, 0.2) is 37.1 Å². The lowest BCUT2D eigenvalue weighted by atomic mass is 9.83. The van der Waals surface area contributed by atoms with Crippen LogP contribution in [0.3, 0.4) is 0 Å². The quantitative estimate of drug-likeness (QED) is 0.869. The highest BCUT2D eigenvalue weighted by molar-refractivity contribution is 5.95. The zero-order valence-electron chi connectivity index (χ0n) is 14.0. The van der Waals surface area contributed by atoms with Crippen LogP contribution in [0, 0.1) is 5.92 Å². The van der Waals surface area contributed by atoms with E-state index >= 15 is 0 Å². The SMILES string of the molecule is O=C(c1ccnc(-n2ccnc2)c1)N1CCC[C@@H]1C1CCCCC1. The van der Waals surface area contributed by atoms with Crippen LogP contribution in [0.4, 0.5) is 0 Å². The van der Waals surface area contributed by atoms with Crippen molar-refractivity contribution in [2.75, 3.05) is 6.54 Å². The van der Waals surface area contributed by atoms with Crippen LogP contribution in [-0.2, 0) is 0 Å². The smallest absolute Gasteiger partial charge is 0.254 e. The van der Waals surface area contributed by atoms with Gasteiger partial charge in [0.1, 0.15) is 12.1 Å². The van der Waals surface area contributed by atoms with Gasteiger partial charge in [-0.3, -0.25) is 9.36 Å². The van der Waals surface area contributed by atoms with Gasteiger partial charge in [-0.2, -0.15) is 0 Å². The van der Waals surface area contributed by atoms with E-state index in [0.717, 1.165) is 30.8 Å². The van der Waals surface area contributed by atoms with Crippen molar-refractivity contribution in [1.82, 2.24) is 19.4 Å². The molecule has 0 N–H and O–H groups in total. The van der Waals surface area contributed by atoms with Gasteiger partial charge in [-0.05, 0) is 43.7 Å². The highest BCUT2D eigenvalue weighted by Crippen LogP contribution is 2.35. The van der Waals surface area contributed by atoms with Gasteiger partial charge in [-0.1, -0.05) is 19.3 Å². The van der Waals surface area contributed by atoms with Gasteiger partial charge in [0.15, 0.2) is 0 Å². The van der Waals surface area contributed by atoms with Gasteiger partial charge in [-0.15, -0.1) is 0 Å². The Kier molecular flexibility index (Phi) is 4.32. The molecule has 5 heteroatoms. The molecule has 0 aromatic carbocycles. The topological polar surface area (TPSA) is 51.0 Å². The molecule has 2 aliphatic rings. The molecule has 2 fully saturated rings. The maximum atomic E-state index is 13.1. The third-order valence-corrected chi connectivity index (χ3v) is 5.52. The van der Waals surface area contributed by atoms with E-state index in [1.807, 2.05) is 22.9 Å². The fraction of sp³-hybridized carbons (Fsp3) is 0.526. The van der Waals surface area contributed by atoms with Gasteiger partial charge in [0.05, 0.1) is 0 Å². The molecule has 126 valence electrons.